The van der Waals surface area contributed by atoms with Gasteiger partial charge in [0.15, 0.2) is 0 Å². The number of carbonyl (C=O) groups excluding carboxylic acids is 1. The number of nitrogens with one attached hydrogen (secondary N) is 1. The third-order valence-electron chi connectivity index (χ3n) is 7.06. The van der Waals surface area contributed by atoms with E-state index in [0.717, 1.165) is 51.4 Å². The highest BCUT2D eigenvalue weighted by molar-refractivity contribution is 6.00. The SMILES string of the molecule is N=Cc1nc(N=C2CCCC=C2F)n(C2CCC(C(=O)N3CCN(CCO)CC3)CC2)c1N. The van der Waals surface area contributed by atoms with E-state index < -0.39 is 0 Å². The fourth-order valence-electron chi connectivity index (χ4n) is 5.13. The molecule has 2 aliphatic carbocycles. The summed E-state index contributed by atoms with van der Waals surface area (Å²) in [6.07, 6.45) is 7.80. The second kappa shape index (κ2) is 10.6. The zero-order valence-electron chi connectivity index (χ0n) is 19.0. The van der Waals surface area contributed by atoms with Crippen molar-refractivity contribution in [2.24, 2.45) is 10.9 Å². The largest absolute Gasteiger partial charge is 0.395 e. The first-order valence-corrected chi connectivity index (χ1v) is 12.0. The highest BCUT2D eigenvalue weighted by Gasteiger charge is 2.33. The zero-order chi connectivity index (χ0) is 23.4. The number of nitrogens with two attached hydrogens (primary N) is 1. The van der Waals surface area contributed by atoms with Crippen molar-refractivity contribution in [3.8, 4) is 0 Å². The van der Waals surface area contributed by atoms with E-state index in [4.69, 9.17) is 16.2 Å². The second-order valence-corrected chi connectivity index (χ2v) is 9.10. The molecule has 33 heavy (non-hydrogen) atoms. The first-order chi connectivity index (χ1) is 16.0. The van der Waals surface area contributed by atoms with Crippen molar-refractivity contribution in [1.82, 2.24) is 19.4 Å². The lowest BCUT2D eigenvalue weighted by molar-refractivity contribution is -0.138. The molecule has 0 spiro atoms. The lowest BCUT2D eigenvalue weighted by Gasteiger charge is -2.38. The Morgan fingerprint density at radius 2 is 2.00 bits per heavy atom. The molecule has 0 atom stereocenters. The third kappa shape index (κ3) is 5.16. The second-order valence-electron chi connectivity index (χ2n) is 9.10. The Kier molecular flexibility index (Phi) is 7.54. The fraction of sp³-hybridized carbons (Fsp3) is 0.652. The molecule has 180 valence electrons. The number of aliphatic hydroxyl groups excluding tert-OH is 1. The Hall–Kier alpha value is -2.59. The maximum Gasteiger partial charge on any atom is 0.232 e. The Morgan fingerprint density at radius 1 is 1.27 bits per heavy atom. The van der Waals surface area contributed by atoms with Crippen LogP contribution in [-0.4, -0.2) is 81.6 Å². The van der Waals surface area contributed by atoms with E-state index in [1.54, 1.807) is 6.08 Å². The van der Waals surface area contributed by atoms with Crippen molar-refractivity contribution in [2.45, 2.75) is 51.0 Å². The Balaban J connectivity index is 1.43. The van der Waals surface area contributed by atoms with Gasteiger partial charge in [0.25, 0.3) is 0 Å². The van der Waals surface area contributed by atoms with E-state index in [1.165, 1.54) is 0 Å². The van der Waals surface area contributed by atoms with Gasteiger partial charge in [0.1, 0.15) is 17.3 Å². The van der Waals surface area contributed by atoms with Crippen molar-refractivity contribution in [2.75, 3.05) is 45.1 Å². The molecule has 2 heterocycles. The molecule has 0 radical (unpaired) electrons. The molecule has 1 aliphatic heterocycles. The van der Waals surface area contributed by atoms with Gasteiger partial charge in [-0.25, -0.2) is 14.4 Å². The number of allylic oxidation sites excluding steroid dienone is 2. The van der Waals surface area contributed by atoms with Crippen molar-refractivity contribution in [3.05, 3.63) is 17.6 Å². The van der Waals surface area contributed by atoms with E-state index in [9.17, 15) is 9.18 Å². The minimum atomic E-state index is -0.306. The number of β-amino-alcohol motifs (C(OH)–C–C–N with tert-alkyl or cyclic N) is 1. The van der Waals surface area contributed by atoms with Gasteiger partial charge in [-0.15, -0.1) is 0 Å². The average molecular weight is 460 g/mol. The molecule has 3 aliphatic rings. The van der Waals surface area contributed by atoms with Crippen LogP contribution in [0.1, 0.15) is 56.7 Å². The number of aliphatic imine (C=N–C) groups is 1. The molecule has 10 heteroatoms. The molecule has 0 aromatic carbocycles. The maximum absolute atomic E-state index is 14.2. The Bertz CT molecular complexity index is 925. The van der Waals surface area contributed by atoms with E-state index in [2.05, 4.69) is 14.9 Å². The van der Waals surface area contributed by atoms with Crippen LogP contribution in [0.5, 0.6) is 0 Å². The first-order valence-electron chi connectivity index (χ1n) is 12.0. The summed E-state index contributed by atoms with van der Waals surface area (Å²) >= 11 is 0. The number of nitrogens with zero attached hydrogens (tertiary/aromatic N) is 5. The number of anilines is 1. The van der Waals surface area contributed by atoms with Crippen molar-refractivity contribution in [3.63, 3.8) is 0 Å². The number of nitrogen functional groups attached to an aromatic ring is 1. The molecule has 1 saturated carbocycles. The van der Waals surface area contributed by atoms with Crippen LogP contribution >= 0.6 is 0 Å². The van der Waals surface area contributed by atoms with Crippen LogP contribution in [0, 0.1) is 11.3 Å². The Morgan fingerprint density at radius 3 is 2.64 bits per heavy atom. The van der Waals surface area contributed by atoms with Crippen molar-refractivity contribution < 1.29 is 14.3 Å². The monoisotopic (exact) mass is 459 g/mol. The summed E-state index contributed by atoms with van der Waals surface area (Å²) in [6.45, 7) is 3.81. The molecule has 4 rings (SSSR count). The topological polar surface area (TPSA) is 124 Å². The normalized spacial score (nSPS) is 25.8. The number of hydrogen-bond donors (Lipinski definition) is 3. The van der Waals surface area contributed by atoms with E-state index in [1.807, 2.05) is 9.47 Å². The van der Waals surface area contributed by atoms with Crippen LogP contribution in [0.15, 0.2) is 16.9 Å². The highest BCUT2D eigenvalue weighted by atomic mass is 19.1. The summed E-state index contributed by atoms with van der Waals surface area (Å²) in [5.41, 5.74) is 7.03. The van der Waals surface area contributed by atoms with Gasteiger partial charge < -0.3 is 21.1 Å². The summed E-state index contributed by atoms with van der Waals surface area (Å²) in [7, 11) is 0. The number of aliphatic hydroxyl groups is 1. The number of carbonyl (C=O) groups is 1. The third-order valence-corrected chi connectivity index (χ3v) is 7.06. The molecule has 1 amide bonds. The molecule has 9 nitrogen and oxygen atoms in total. The number of piperazine rings is 1. The van der Waals surface area contributed by atoms with Gasteiger partial charge in [0.05, 0.1) is 12.3 Å². The highest BCUT2D eigenvalue weighted by Crippen LogP contribution is 2.38. The molecular formula is C23H34FN7O2. The van der Waals surface area contributed by atoms with E-state index in [-0.39, 0.29) is 30.3 Å². The van der Waals surface area contributed by atoms with Crippen LogP contribution < -0.4 is 5.73 Å². The first kappa shape index (κ1) is 23.6. The van der Waals surface area contributed by atoms with Crippen molar-refractivity contribution in [1.29, 1.82) is 5.41 Å². The predicted octanol–water partition coefficient (Wildman–Crippen LogP) is 2.44. The molecule has 2 fully saturated rings. The minimum absolute atomic E-state index is 0.00826. The minimum Gasteiger partial charge on any atom is -0.395 e. The lowest BCUT2D eigenvalue weighted by Crippen LogP contribution is -2.51. The summed E-state index contributed by atoms with van der Waals surface area (Å²) in [5.74, 6) is 0.622. The van der Waals surface area contributed by atoms with Gasteiger partial charge in [0, 0.05) is 50.9 Å². The summed E-state index contributed by atoms with van der Waals surface area (Å²) in [5, 5.41) is 16.7. The lowest BCUT2D eigenvalue weighted by atomic mass is 9.84. The summed E-state index contributed by atoms with van der Waals surface area (Å²) < 4.78 is 16.1. The number of imidazole rings is 1. The van der Waals surface area contributed by atoms with Gasteiger partial charge >= 0.3 is 0 Å². The van der Waals surface area contributed by atoms with Crippen LogP contribution in [0.3, 0.4) is 0 Å². The van der Waals surface area contributed by atoms with Gasteiger partial charge in [-0.05, 0) is 51.0 Å². The van der Waals surface area contributed by atoms with Gasteiger partial charge in [-0.3, -0.25) is 14.3 Å². The number of halogens is 1. The van der Waals surface area contributed by atoms with Crippen LogP contribution in [0.25, 0.3) is 0 Å². The molecular weight excluding hydrogens is 425 g/mol. The fourth-order valence-corrected chi connectivity index (χ4v) is 5.13. The van der Waals surface area contributed by atoms with Crippen LogP contribution in [0.2, 0.25) is 0 Å². The standard InChI is InChI=1S/C23H34FN7O2/c24-18-3-1-2-4-19(18)27-23-28-20(15-25)21(26)31(23)17-7-5-16(6-8-17)22(33)30-11-9-29(10-12-30)13-14-32/h3,15-17,25,32H,1-2,4-14,26H2. The van der Waals surface area contributed by atoms with E-state index in [0.29, 0.717) is 55.6 Å². The average Bonchev–Trinajstić information content (AvgIpc) is 3.15. The molecule has 1 aromatic rings. The number of rotatable bonds is 6. The number of amides is 1. The van der Waals surface area contributed by atoms with Crippen LogP contribution in [0.4, 0.5) is 16.2 Å². The number of aromatic nitrogens is 2. The zero-order valence-corrected chi connectivity index (χ0v) is 19.0. The molecule has 1 saturated heterocycles. The molecule has 0 bridgehead atoms. The van der Waals surface area contributed by atoms with Gasteiger partial charge in [0.2, 0.25) is 11.9 Å². The van der Waals surface area contributed by atoms with E-state index >= 15 is 0 Å². The quantitative estimate of drug-likeness (QED) is 0.564. The molecule has 4 N–H and O–H groups in total. The molecule has 0 unspecified atom stereocenters. The summed E-state index contributed by atoms with van der Waals surface area (Å²) in [6, 6.07) is 0.0200. The smallest absolute Gasteiger partial charge is 0.232 e. The van der Waals surface area contributed by atoms with Gasteiger partial charge in [-0.2, -0.15) is 0 Å². The van der Waals surface area contributed by atoms with Crippen molar-refractivity contribution >= 4 is 29.6 Å². The Labute approximate surface area is 193 Å². The summed E-state index contributed by atoms with van der Waals surface area (Å²) in [4.78, 5) is 26.1. The number of hydrogen-bond acceptors (Lipinski definition) is 7. The molecule has 1 aromatic heterocycles. The predicted molar refractivity (Wildman–Crippen MR) is 126 cm³/mol. The van der Waals surface area contributed by atoms with Gasteiger partial charge in [-0.1, -0.05) is 0 Å². The van der Waals surface area contributed by atoms with Crippen LogP contribution in [-0.2, 0) is 4.79 Å². The maximum atomic E-state index is 14.2.